The smallest absolute Gasteiger partial charge is 0.408 e. The van der Waals surface area contributed by atoms with Crippen LogP contribution in [-0.2, 0) is 11.2 Å². The number of nitrogens with one attached hydrogen (secondary N) is 2. The normalized spacial score (nSPS) is 11.2. The van der Waals surface area contributed by atoms with E-state index in [0.717, 1.165) is 24.8 Å². The number of hydrogen-bond donors (Lipinski definition) is 2. The number of carbonyl (C=O) groups is 1. The van der Waals surface area contributed by atoms with Crippen molar-refractivity contribution < 1.29 is 9.21 Å². The SMILES string of the molecule is CCC(CC)C(=O)NCCc1ccc2oc(=O)[nH]c2c1. The molecule has 0 bridgehead atoms. The Balaban J connectivity index is 1.92. The minimum Gasteiger partial charge on any atom is -0.408 e. The van der Waals surface area contributed by atoms with Crippen molar-refractivity contribution in [3.05, 3.63) is 34.3 Å². The molecular weight excluding hydrogens is 256 g/mol. The maximum Gasteiger partial charge on any atom is 0.417 e. The molecule has 1 aromatic heterocycles. The number of aromatic nitrogens is 1. The van der Waals surface area contributed by atoms with Gasteiger partial charge >= 0.3 is 5.76 Å². The molecule has 0 unspecified atom stereocenters. The Labute approximate surface area is 117 Å². The molecular formula is C15H20N2O3. The Morgan fingerprint density at radius 2 is 2.10 bits per heavy atom. The molecule has 1 amide bonds. The van der Waals surface area contributed by atoms with E-state index >= 15 is 0 Å². The summed E-state index contributed by atoms with van der Waals surface area (Å²) in [5, 5.41) is 2.95. The highest BCUT2D eigenvalue weighted by molar-refractivity contribution is 5.78. The average Bonchev–Trinajstić information content (AvgIpc) is 2.79. The summed E-state index contributed by atoms with van der Waals surface area (Å²) >= 11 is 0. The summed E-state index contributed by atoms with van der Waals surface area (Å²) in [6.07, 6.45) is 2.46. The Kier molecular flexibility index (Phi) is 4.61. The lowest BCUT2D eigenvalue weighted by molar-refractivity contribution is -0.125. The van der Waals surface area contributed by atoms with E-state index in [9.17, 15) is 9.59 Å². The maximum atomic E-state index is 11.8. The van der Waals surface area contributed by atoms with Gasteiger partial charge in [0, 0.05) is 12.5 Å². The van der Waals surface area contributed by atoms with Gasteiger partial charge in [0.15, 0.2) is 5.58 Å². The van der Waals surface area contributed by atoms with Gasteiger partial charge in [-0.3, -0.25) is 9.78 Å². The molecule has 0 spiro atoms. The lowest BCUT2D eigenvalue weighted by Crippen LogP contribution is -2.31. The number of hydrogen-bond acceptors (Lipinski definition) is 3. The van der Waals surface area contributed by atoms with Gasteiger partial charge in [-0.1, -0.05) is 19.9 Å². The topological polar surface area (TPSA) is 75.1 Å². The quantitative estimate of drug-likeness (QED) is 0.849. The number of amides is 1. The molecule has 0 radical (unpaired) electrons. The van der Waals surface area contributed by atoms with E-state index in [-0.39, 0.29) is 11.8 Å². The van der Waals surface area contributed by atoms with E-state index in [2.05, 4.69) is 10.3 Å². The highest BCUT2D eigenvalue weighted by Gasteiger charge is 2.13. The predicted molar refractivity (Wildman–Crippen MR) is 77.6 cm³/mol. The number of oxazole rings is 1. The van der Waals surface area contributed by atoms with Crippen LogP contribution in [0.4, 0.5) is 0 Å². The molecule has 2 N–H and O–H groups in total. The zero-order chi connectivity index (χ0) is 14.5. The Morgan fingerprint density at radius 1 is 1.35 bits per heavy atom. The van der Waals surface area contributed by atoms with Gasteiger partial charge < -0.3 is 9.73 Å². The van der Waals surface area contributed by atoms with Crippen LogP contribution in [0, 0.1) is 5.92 Å². The van der Waals surface area contributed by atoms with Crippen LogP contribution in [0.1, 0.15) is 32.3 Å². The zero-order valence-electron chi connectivity index (χ0n) is 11.9. The van der Waals surface area contributed by atoms with Gasteiger partial charge in [0.05, 0.1) is 5.52 Å². The summed E-state index contributed by atoms with van der Waals surface area (Å²) in [5.41, 5.74) is 2.30. The molecule has 2 aromatic rings. The first kappa shape index (κ1) is 14.4. The molecule has 0 fully saturated rings. The third-order valence-corrected chi connectivity index (χ3v) is 3.55. The van der Waals surface area contributed by atoms with E-state index < -0.39 is 5.76 Å². The molecule has 1 aromatic carbocycles. The molecule has 108 valence electrons. The number of rotatable bonds is 6. The molecule has 2 rings (SSSR count). The third-order valence-electron chi connectivity index (χ3n) is 3.55. The maximum absolute atomic E-state index is 11.8. The van der Waals surface area contributed by atoms with E-state index in [0.29, 0.717) is 17.6 Å². The van der Waals surface area contributed by atoms with Crippen LogP contribution in [0.5, 0.6) is 0 Å². The Bertz CT molecular complexity index is 638. The second-order valence-electron chi connectivity index (χ2n) is 4.90. The number of aromatic amines is 1. The number of carbonyl (C=O) groups excluding carboxylic acids is 1. The van der Waals surface area contributed by atoms with Gasteiger partial charge in [-0.25, -0.2) is 4.79 Å². The van der Waals surface area contributed by atoms with Gasteiger partial charge in [0.25, 0.3) is 0 Å². The fourth-order valence-electron chi connectivity index (χ4n) is 2.29. The molecule has 5 nitrogen and oxygen atoms in total. The van der Waals surface area contributed by atoms with Crippen LogP contribution in [0.15, 0.2) is 27.4 Å². The summed E-state index contributed by atoms with van der Waals surface area (Å²) < 4.78 is 4.95. The molecule has 1 heterocycles. The first-order valence-corrected chi connectivity index (χ1v) is 7.03. The highest BCUT2D eigenvalue weighted by atomic mass is 16.4. The van der Waals surface area contributed by atoms with Gasteiger partial charge in [0.1, 0.15) is 0 Å². The van der Waals surface area contributed by atoms with Crippen molar-refractivity contribution in [3.8, 4) is 0 Å². The molecule has 20 heavy (non-hydrogen) atoms. The van der Waals surface area contributed by atoms with Gasteiger partial charge in [0.2, 0.25) is 5.91 Å². The second-order valence-corrected chi connectivity index (χ2v) is 4.90. The van der Waals surface area contributed by atoms with Crippen molar-refractivity contribution in [1.82, 2.24) is 10.3 Å². The first-order chi connectivity index (χ1) is 9.63. The van der Waals surface area contributed by atoms with E-state index in [1.54, 1.807) is 6.07 Å². The molecule has 0 aliphatic heterocycles. The average molecular weight is 276 g/mol. The van der Waals surface area contributed by atoms with Crippen LogP contribution in [0.3, 0.4) is 0 Å². The molecule has 0 saturated heterocycles. The third kappa shape index (κ3) is 3.29. The van der Waals surface area contributed by atoms with Crippen molar-refractivity contribution in [1.29, 1.82) is 0 Å². The minimum absolute atomic E-state index is 0.0997. The molecule has 0 atom stereocenters. The van der Waals surface area contributed by atoms with Gasteiger partial charge in [-0.15, -0.1) is 0 Å². The summed E-state index contributed by atoms with van der Waals surface area (Å²) in [6, 6.07) is 5.55. The van der Waals surface area contributed by atoms with Crippen molar-refractivity contribution in [2.75, 3.05) is 6.54 Å². The van der Waals surface area contributed by atoms with Crippen LogP contribution >= 0.6 is 0 Å². The summed E-state index contributed by atoms with van der Waals surface area (Å²) in [4.78, 5) is 25.5. The first-order valence-electron chi connectivity index (χ1n) is 7.03. The largest absolute Gasteiger partial charge is 0.417 e. The van der Waals surface area contributed by atoms with Gasteiger partial charge in [-0.2, -0.15) is 0 Å². The van der Waals surface area contributed by atoms with Crippen molar-refractivity contribution in [3.63, 3.8) is 0 Å². The van der Waals surface area contributed by atoms with E-state index in [4.69, 9.17) is 4.42 Å². The molecule has 0 saturated carbocycles. The minimum atomic E-state index is -0.445. The van der Waals surface area contributed by atoms with Crippen molar-refractivity contribution >= 4 is 17.0 Å². The lowest BCUT2D eigenvalue weighted by Gasteiger charge is -2.12. The molecule has 0 aliphatic carbocycles. The monoisotopic (exact) mass is 276 g/mol. The second kappa shape index (κ2) is 6.41. The lowest BCUT2D eigenvalue weighted by atomic mass is 10.0. The fourth-order valence-corrected chi connectivity index (χ4v) is 2.29. The summed E-state index contributed by atoms with van der Waals surface area (Å²) in [5.74, 6) is -0.227. The summed E-state index contributed by atoms with van der Waals surface area (Å²) in [6.45, 7) is 4.65. The fraction of sp³-hybridized carbons (Fsp3) is 0.467. The van der Waals surface area contributed by atoms with Crippen LogP contribution < -0.4 is 11.1 Å². The van der Waals surface area contributed by atoms with Gasteiger partial charge in [-0.05, 0) is 37.0 Å². The number of H-pyrrole nitrogens is 1. The predicted octanol–water partition coefficient (Wildman–Crippen LogP) is 2.22. The molecule has 0 aliphatic rings. The number of benzene rings is 1. The van der Waals surface area contributed by atoms with Crippen LogP contribution in [0.2, 0.25) is 0 Å². The Hall–Kier alpha value is -2.04. The number of fused-ring (bicyclic) bond motifs is 1. The Morgan fingerprint density at radius 3 is 2.80 bits per heavy atom. The highest BCUT2D eigenvalue weighted by Crippen LogP contribution is 2.12. The summed E-state index contributed by atoms with van der Waals surface area (Å²) in [7, 11) is 0. The van der Waals surface area contributed by atoms with Crippen molar-refractivity contribution in [2.24, 2.45) is 5.92 Å². The standard InChI is InChI=1S/C15H20N2O3/c1-3-11(4-2)14(18)16-8-7-10-5-6-13-12(9-10)17-15(19)20-13/h5-6,9,11H,3-4,7-8H2,1-2H3,(H,16,18)(H,17,19). The van der Waals surface area contributed by atoms with E-state index in [1.165, 1.54) is 0 Å². The van der Waals surface area contributed by atoms with Crippen LogP contribution in [0.25, 0.3) is 11.1 Å². The van der Waals surface area contributed by atoms with Crippen LogP contribution in [-0.4, -0.2) is 17.4 Å². The van der Waals surface area contributed by atoms with E-state index in [1.807, 2.05) is 26.0 Å². The van der Waals surface area contributed by atoms with Crippen molar-refractivity contribution in [2.45, 2.75) is 33.1 Å². The zero-order valence-corrected chi connectivity index (χ0v) is 11.9. The molecule has 5 heteroatoms.